The number of ether oxygens (including phenoxy) is 2. The minimum Gasteiger partial charge on any atom is -0.493 e. The monoisotopic (exact) mass is 248 g/mol. The number of fused-ring (bicyclic) bond motifs is 1. The van der Waals surface area contributed by atoms with E-state index in [1.54, 1.807) is 7.11 Å². The molecule has 0 spiro atoms. The largest absolute Gasteiger partial charge is 0.493 e. The van der Waals surface area contributed by atoms with E-state index in [9.17, 15) is 4.79 Å². The number of carbonyl (C=O) groups excluding carboxylic acids is 1. The SMILES string of the molecule is COCC(C)CC(=O)c1cccc2c1OCCC2. The fourth-order valence-corrected chi connectivity index (χ4v) is 2.38. The average Bonchev–Trinajstić information content (AvgIpc) is 2.38. The van der Waals surface area contributed by atoms with Crippen LogP contribution in [0.2, 0.25) is 0 Å². The molecule has 3 nitrogen and oxygen atoms in total. The molecule has 1 atom stereocenters. The van der Waals surface area contributed by atoms with Crippen LogP contribution in [0.15, 0.2) is 18.2 Å². The first kappa shape index (κ1) is 13.1. The fraction of sp³-hybridized carbons (Fsp3) is 0.533. The predicted molar refractivity (Wildman–Crippen MR) is 70.2 cm³/mol. The summed E-state index contributed by atoms with van der Waals surface area (Å²) >= 11 is 0. The van der Waals surface area contributed by atoms with E-state index in [-0.39, 0.29) is 11.7 Å². The van der Waals surface area contributed by atoms with Crippen LogP contribution < -0.4 is 4.74 Å². The first-order chi connectivity index (χ1) is 8.72. The van der Waals surface area contributed by atoms with E-state index in [1.807, 2.05) is 25.1 Å². The van der Waals surface area contributed by atoms with Crippen molar-refractivity contribution in [2.24, 2.45) is 5.92 Å². The molecule has 98 valence electrons. The van der Waals surface area contributed by atoms with Crippen molar-refractivity contribution in [1.82, 2.24) is 0 Å². The minimum atomic E-state index is 0.151. The summed E-state index contributed by atoms with van der Waals surface area (Å²) in [5.41, 5.74) is 1.89. The van der Waals surface area contributed by atoms with Gasteiger partial charge in [-0.2, -0.15) is 0 Å². The van der Waals surface area contributed by atoms with Crippen LogP contribution in [0.3, 0.4) is 0 Å². The Morgan fingerprint density at radius 3 is 3.11 bits per heavy atom. The molecule has 2 rings (SSSR count). The Balaban J connectivity index is 2.15. The van der Waals surface area contributed by atoms with Crippen molar-refractivity contribution in [3.8, 4) is 5.75 Å². The van der Waals surface area contributed by atoms with Gasteiger partial charge in [-0.1, -0.05) is 19.1 Å². The number of benzene rings is 1. The number of rotatable bonds is 5. The van der Waals surface area contributed by atoms with Crippen LogP contribution in [-0.2, 0) is 11.2 Å². The minimum absolute atomic E-state index is 0.151. The van der Waals surface area contributed by atoms with E-state index in [0.29, 0.717) is 19.6 Å². The standard InChI is InChI=1S/C15H20O3/c1-11(10-17-2)9-14(16)13-7-3-5-12-6-4-8-18-15(12)13/h3,5,7,11H,4,6,8-10H2,1-2H3. The van der Waals surface area contributed by atoms with Crippen LogP contribution in [0, 0.1) is 5.92 Å². The van der Waals surface area contributed by atoms with Gasteiger partial charge < -0.3 is 9.47 Å². The van der Waals surface area contributed by atoms with Gasteiger partial charge in [-0.25, -0.2) is 0 Å². The van der Waals surface area contributed by atoms with Crippen LogP contribution in [-0.4, -0.2) is 26.1 Å². The van der Waals surface area contributed by atoms with Gasteiger partial charge in [0, 0.05) is 20.1 Å². The lowest BCUT2D eigenvalue weighted by molar-refractivity contribution is 0.0915. The van der Waals surface area contributed by atoms with E-state index < -0.39 is 0 Å². The number of hydrogen-bond acceptors (Lipinski definition) is 3. The van der Waals surface area contributed by atoms with Gasteiger partial charge in [0.25, 0.3) is 0 Å². The lowest BCUT2D eigenvalue weighted by Gasteiger charge is -2.20. The normalized spacial score (nSPS) is 15.7. The molecule has 0 saturated heterocycles. The Kier molecular flexibility index (Phi) is 4.37. The van der Waals surface area contributed by atoms with Gasteiger partial charge in [-0.3, -0.25) is 4.79 Å². The van der Waals surface area contributed by atoms with Gasteiger partial charge in [-0.05, 0) is 30.4 Å². The number of carbonyl (C=O) groups is 1. The van der Waals surface area contributed by atoms with Gasteiger partial charge in [0.2, 0.25) is 0 Å². The second kappa shape index (κ2) is 6.01. The van der Waals surface area contributed by atoms with Gasteiger partial charge >= 0.3 is 0 Å². The molecule has 18 heavy (non-hydrogen) atoms. The second-order valence-corrected chi connectivity index (χ2v) is 4.93. The zero-order valence-corrected chi connectivity index (χ0v) is 11.1. The molecule has 1 aromatic carbocycles. The van der Waals surface area contributed by atoms with Crippen LogP contribution in [0.4, 0.5) is 0 Å². The summed E-state index contributed by atoms with van der Waals surface area (Å²) in [5.74, 6) is 1.19. The van der Waals surface area contributed by atoms with Crippen molar-refractivity contribution in [3.05, 3.63) is 29.3 Å². The lowest BCUT2D eigenvalue weighted by atomic mass is 9.95. The molecular weight excluding hydrogens is 228 g/mol. The molecule has 0 amide bonds. The topological polar surface area (TPSA) is 35.5 Å². The molecule has 0 bridgehead atoms. The highest BCUT2D eigenvalue weighted by Crippen LogP contribution is 2.30. The molecule has 1 unspecified atom stereocenters. The predicted octanol–water partition coefficient (Wildman–Crippen LogP) is 2.87. The number of methoxy groups -OCH3 is 1. The molecule has 1 aliphatic rings. The third-order valence-electron chi connectivity index (χ3n) is 3.22. The van der Waals surface area contributed by atoms with Crippen molar-refractivity contribution in [2.45, 2.75) is 26.2 Å². The van der Waals surface area contributed by atoms with Gasteiger partial charge in [0.05, 0.1) is 12.2 Å². The van der Waals surface area contributed by atoms with Crippen molar-refractivity contribution in [3.63, 3.8) is 0 Å². The van der Waals surface area contributed by atoms with E-state index in [1.165, 1.54) is 0 Å². The quantitative estimate of drug-likeness (QED) is 0.752. The Morgan fingerprint density at radius 2 is 2.33 bits per heavy atom. The average molecular weight is 248 g/mol. The maximum Gasteiger partial charge on any atom is 0.166 e. The first-order valence-corrected chi connectivity index (χ1v) is 6.49. The highest BCUT2D eigenvalue weighted by atomic mass is 16.5. The van der Waals surface area contributed by atoms with Gasteiger partial charge in [0.15, 0.2) is 5.78 Å². The fourth-order valence-electron chi connectivity index (χ4n) is 2.38. The number of Topliss-reactive ketones (excluding diaryl/α,β-unsaturated/α-hetero) is 1. The smallest absolute Gasteiger partial charge is 0.166 e. The van der Waals surface area contributed by atoms with E-state index in [2.05, 4.69) is 0 Å². The number of para-hydroxylation sites is 1. The van der Waals surface area contributed by atoms with E-state index >= 15 is 0 Å². The Bertz CT molecular complexity index is 426. The molecule has 0 aromatic heterocycles. The number of aryl methyl sites for hydroxylation is 1. The second-order valence-electron chi connectivity index (χ2n) is 4.93. The maximum atomic E-state index is 12.3. The summed E-state index contributed by atoms with van der Waals surface area (Å²) in [5, 5.41) is 0. The summed E-state index contributed by atoms with van der Waals surface area (Å²) in [6.07, 6.45) is 2.54. The van der Waals surface area contributed by atoms with Crippen LogP contribution in [0.1, 0.15) is 35.7 Å². The summed E-state index contributed by atoms with van der Waals surface area (Å²) in [6.45, 7) is 3.35. The lowest BCUT2D eigenvalue weighted by Crippen LogP contribution is -2.15. The summed E-state index contributed by atoms with van der Waals surface area (Å²) in [4.78, 5) is 12.3. The number of hydrogen-bond donors (Lipinski definition) is 0. The Labute approximate surface area is 108 Å². The Hall–Kier alpha value is -1.35. The van der Waals surface area contributed by atoms with Crippen molar-refractivity contribution in [2.75, 3.05) is 20.3 Å². The first-order valence-electron chi connectivity index (χ1n) is 6.49. The molecule has 0 N–H and O–H groups in total. The number of ketones is 1. The third-order valence-corrected chi connectivity index (χ3v) is 3.22. The molecule has 1 heterocycles. The molecule has 3 heteroatoms. The molecule has 0 fully saturated rings. The molecule has 0 saturated carbocycles. The zero-order chi connectivity index (χ0) is 13.0. The highest BCUT2D eigenvalue weighted by molar-refractivity contribution is 5.99. The zero-order valence-electron chi connectivity index (χ0n) is 11.1. The van der Waals surface area contributed by atoms with E-state index in [4.69, 9.17) is 9.47 Å². The van der Waals surface area contributed by atoms with Gasteiger partial charge in [0.1, 0.15) is 5.75 Å². The van der Waals surface area contributed by atoms with Crippen LogP contribution >= 0.6 is 0 Å². The Morgan fingerprint density at radius 1 is 1.50 bits per heavy atom. The summed E-state index contributed by atoms with van der Waals surface area (Å²) in [6, 6.07) is 5.86. The highest BCUT2D eigenvalue weighted by Gasteiger charge is 2.20. The third kappa shape index (κ3) is 2.91. The van der Waals surface area contributed by atoms with Gasteiger partial charge in [-0.15, -0.1) is 0 Å². The molecule has 1 aromatic rings. The van der Waals surface area contributed by atoms with Crippen LogP contribution in [0.5, 0.6) is 5.75 Å². The van der Waals surface area contributed by atoms with Crippen LogP contribution in [0.25, 0.3) is 0 Å². The molecule has 1 aliphatic heterocycles. The van der Waals surface area contributed by atoms with Crippen molar-refractivity contribution >= 4 is 5.78 Å². The van der Waals surface area contributed by atoms with E-state index in [0.717, 1.165) is 29.7 Å². The molecular formula is C15H20O3. The summed E-state index contributed by atoms with van der Waals surface area (Å²) in [7, 11) is 1.66. The molecule has 0 radical (unpaired) electrons. The molecule has 0 aliphatic carbocycles. The van der Waals surface area contributed by atoms with Crippen molar-refractivity contribution < 1.29 is 14.3 Å². The summed E-state index contributed by atoms with van der Waals surface area (Å²) < 4.78 is 10.7. The maximum absolute atomic E-state index is 12.3. The van der Waals surface area contributed by atoms with Crippen molar-refractivity contribution in [1.29, 1.82) is 0 Å².